The maximum absolute atomic E-state index is 12.3. The van der Waals surface area contributed by atoms with E-state index in [9.17, 15) is 4.79 Å². The van der Waals surface area contributed by atoms with Gasteiger partial charge in [-0.05, 0) is 62.1 Å². The number of benzene rings is 2. The molecule has 164 valence electrons. The number of rotatable bonds is 8. The number of amides is 1. The highest BCUT2D eigenvalue weighted by atomic mass is 16.2. The summed E-state index contributed by atoms with van der Waals surface area (Å²) in [5.41, 5.74) is 4.43. The van der Waals surface area contributed by atoms with E-state index in [-0.39, 0.29) is 5.91 Å². The molecule has 5 heteroatoms. The molecule has 0 atom stereocenters. The summed E-state index contributed by atoms with van der Waals surface area (Å²) < 4.78 is 0. The molecular formula is C25H38N4O. The fourth-order valence-electron chi connectivity index (χ4n) is 3.36. The molecule has 3 N–H and O–H groups in total. The third-order valence-corrected chi connectivity index (χ3v) is 5.12. The van der Waals surface area contributed by atoms with Crippen LogP contribution in [-0.2, 0) is 6.42 Å². The van der Waals surface area contributed by atoms with Crippen LogP contribution in [0.1, 0.15) is 48.7 Å². The van der Waals surface area contributed by atoms with Gasteiger partial charge in [0.1, 0.15) is 0 Å². The molecule has 0 radical (unpaired) electrons. The molecule has 1 aliphatic rings. The molecule has 2 aromatic rings. The van der Waals surface area contributed by atoms with E-state index < -0.39 is 0 Å². The van der Waals surface area contributed by atoms with Crippen LogP contribution in [0.3, 0.4) is 0 Å². The van der Waals surface area contributed by atoms with E-state index in [1.54, 1.807) is 0 Å². The van der Waals surface area contributed by atoms with Crippen LogP contribution in [-0.4, -0.2) is 56.6 Å². The highest BCUT2D eigenvalue weighted by Crippen LogP contribution is 2.16. The van der Waals surface area contributed by atoms with Crippen LogP contribution in [0.15, 0.2) is 48.5 Å². The van der Waals surface area contributed by atoms with Crippen LogP contribution >= 0.6 is 0 Å². The Bertz CT molecular complexity index is 726. The SMILES string of the molecule is C1CNCCN1.CCCNc1cccc(Cc2ccc(C(=O)N(CC)CC)cc2)c1. The van der Waals surface area contributed by atoms with E-state index >= 15 is 0 Å². The van der Waals surface area contributed by atoms with Crippen LogP contribution in [0.2, 0.25) is 0 Å². The molecular weight excluding hydrogens is 372 g/mol. The Morgan fingerprint density at radius 1 is 0.900 bits per heavy atom. The number of carbonyl (C=O) groups excluding carboxylic acids is 1. The second-order valence-electron chi connectivity index (χ2n) is 7.48. The van der Waals surface area contributed by atoms with Crippen molar-refractivity contribution in [1.82, 2.24) is 15.5 Å². The lowest BCUT2D eigenvalue weighted by atomic mass is 10.0. The minimum absolute atomic E-state index is 0.109. The van der Waals surface area contributed by atoms with Crippen molar-refractivity contribution in [1.29, 1.82) is 0 Å². The van der Waals surface area contributed by atoms with E-state index in [4.69, 9.17) is 0 Å². The smallest absolute Gasteiger partial charge is 0.253 e. The summed E-state index contributed by atoms with van der Waals surface area (Å²) >= 11 is 0. The van der Waals surface area contributed by atoms with Gasteiger partial charge in [-0.25, -0.2) is 0 Å². The average Bonchev–Trinajstić information content (AvgIpc) is 2.81. The molecule has 30 heavy (non-hydrogen) atoms. The second-order valence-corrected chi connectivity index (χ2v) is 7.48. The Hall–Kier alpha value is -2.37. The number of hydrogen-bond donors (Lipinski definition) is 3. The average molecular weight is 411 g/mol. The maximum atomic E-state index is 12.3. The summed E-state index contributed by atoms with van der Waals surface area (Å²) in [6.07, 6.45) is 1.99. The zero-order valence-electron chi connectivity index (χ0n) is 18.8. The molecule has 0 aromatic heterocycles. The summed E-state index contributed by atoms with van der Waals surface area (Å²) in [7, 11) is 0. The van der Waals surface area contributed by atoms with Gasteiger partial charge >= 0.3 is 0 Å². The van der Waals surface area contributed by atoms with Crippen molar-refractivity contribution in [3.63, 3.8) is 0 Å². The van der Waals surface area contributed by atoms with E-state index in [0.29, 0.717) is 0 Å². The molecule has 1 heterocycles. The molecule has 0 unspecified atom stereocenters. The predicted molar refractivity (Wildman–Crippen MR) is 127 cm³/mol. The van der Waals surface area contributed by atoms with Crippen molar-refractivity contribution < 1.29 is 4.79 Å². The van der Waals surface area contributed by atoms with E-state index in [1.807, 2.05) is 30.9 Å². The van der Waals surface area contributed by atoms with Crippen LogP contribution in [0.4, 0.5) is 5.69 Å². The second kappa shape index (κ2) is 13.8. The first-order valence-corrected chi connectivity index (χ1v) is 11.3. The molecule has 0 aliphatic carbocycles. The predicted octanol–water partition coefficient (Wildman–Crippen LogP) is 3.76. The number of nitrogens with one attached hydrogen (secondary N) is 3. The van der Waals surface area contributed by atoms with Gasteiger partial charge in [0, 0.05) is 57.1 Å². The van der Waals surface area contributed by atoms with Gasteiger partial charge in [-0.2, -0.15) is 0 Å². The van der Waals surface area contributed by atoms with Gasteiger partial charge in [0.25, 0.3) is 5.91 Å². The van der Waals surface area contributed by atoms with Gasteiger partial charge < -0.3 is 20.9 Å². The van der Waals surface area contributed by atoms with E-state index in [1.165, 1.54) is 16.8 Å². The van der Waals surface area contributed by atoms with Crippen molar-refractivity contribution >= 4 is 11.6 Å². The molecule has 1 saturated heterocycles. The molecule has 1 fully saturated rings. The molecule has 1 aliphatic heterocycles. The molecule has 5 nitrogen and oxygen atoms in total. The van der Waals surface area contributed by atoms with Crippen molar-refractivity contribution in [3.8, 4) is 0 Å². The Kier molecular flexibility index (Phi) is 11.0. The minimum Gasteiger partial charge on any atom is -0.385 e. The molecule has 3 rings (SSSR count). The molecule has 0 saturated carbocycles. The quantitative estimate of drug-likeness (QED) is 0.620. The first-order chi connectivity index (χ1) is 14.7. The summed E-state index contributed by atoms with van der Waals surface area (Å²) in [5, 5.41) is 9.86. The van der Waals surface area contributed by atoms with Gasteiger partial charge in [0.05, 0.1) is 0 Å². The van der Waals surface area contributed by atoms with Gasteiger partial charge in [0.2, 0.25) is 0 Å². The van der Waals surface area contributed by atoms with Crippen LogP contribution in [0.5, 0.6) is 0 Å². The number of piperazine rings is 1. The lowest BCUT2D eigenvalue weighted by molar-refractivity contribution is 0.0773. The van der Waals surface area contributed by atoms with Gasteiger partial charge in [-0.15, -0.1) is 0 Å². The summed E-state index contributed by atoms with van der Waals surface area (Å²) in [6.45, 7) is 13.2. The number of carbonyl (C=O) groups is 1. The number of hydrogen-bond acceptors (Lipinski definition) is 4. The van der Waals surface area contributed by atoms with E-state index in [0.717, 1.165) is 64.2 Å². The summed E-state index contributed by atoms with van der Waals surface area (Å²) in [4.78, 5) is 14.2. The highest BCUT2D eigenvalue weighted by molar-refractivity contribution is 5.94. The first kappa shape index (κ1) is 23.9. The number of anilines is 1. The lowest BCUT2D eigenvalue weighted by Crippen LogP contribution is -2.39. The van der Waals surface area contributed by atoms with Gasteiger partial charge in [0.15, 0.2) is 0 Å². The zero-order chi connectivity index (χ0) is 21.6. The van der Waals surface area contributed by atoms with Gasteiger partial charge in [-0.3, -0.25) is 4.79 Å². The Labute approximate surface area is 182 Å². The van der Waals surface area contributed by atoms with Crippen LogP contribution < -0.4 is 16.0 Å². The van der Waals surface area contributed by atoms with Crippen molar-refractivity contribution in [3.05, 3.63) is 65.2 Å². The third kappa shape index (κ3) is 8.17. The lowest BCUT2D eigenvalue weighted by Gasteiger charge is -2.18. The highest BCUT2D eigenvalue weighted by Gasteiger charge is 2.11. The van der Waals surface area contributed by atoms with Crippen LogP contribution in [0, 0.1) is 0 Å². The Morgan fingerprint density at radius 2 is 1.53 bits per heavy atom. The number of nitrogens with zero attached hydrogens (tertiary/aromatic N) is 1. The molecule has 0 bridgehead atoms. The fraction of sp³-hybridized carbons (Fsp3) is 0.480. The van der Waals surface area contributed by atoms with E-state index in [2.05, 4.69) is 59.3 Å². The monoisotopic (exact) mass is 410 g/mol. The maximum Gasteiger partial charge on any atom is 0.253 e. The third-order valence-electron chi connectivity index (χ3n) is 5.12. The molecule has 1 amide bonds. The van der Waals surface area contributed by atoms with Crippen molar-refractivity contribution in [2.24, 2.45) is 0 Å². The summed E-state index contributed by atoms with van der Waals surface area (Å²) in [5.74, 6) is 0.109. The van der Waals surface area contributed by atoms with Crippen molar-refractivity contribution in [2.45, 2.75) is 33.6 Å². The largest absolute Gasteiger partial charge is 0.385 e. The minimum atomic E-state index is 0.109. The Balaban J connectivity index is 0.000000456. The standard InChI is InChI=1S/C21H28N2O.C4H10N2/c1-4-14-22-20-9-7-8-18(16-20)15-17-10-12-19(13-11-17)21(24)23(5-2)6-3;1-2-6-4-3-5-1/h7-13,16,22H,4-6,14-15H2,1-3H3;5-6H,1-4H2. The van der Waals surface area contributed by atoms with Crippen LogP contribution in [0.25, 0.3) is 0 Å². The van der Waals surface area contributed by atoms with Crippen molar-refractivity contribution in [2.75, 3.05) is 51.1 Å². The fourth-order valence-corrected chi connectivity index (χ4v) is 3.36. The Morgan fingerprint density at radius 3 is 2.07 bits per heavy atom. The zero-order valence-corrected chi connectivity index (χ0v) is 18.8. The van der Waals surface area contributed by atoms with Gasteiger partial charge in [-0.1, -0.05) is 31.2 Å². The molecule has 0 spiro atoms. The molecule has 2 aromatic carbocycles. The summed E-state index contributed by atoms with van der Waals surface area (Å²) in [6, 6.07) is 16.5. The topological polar surface area (TPSA) is 56.4 Å². The first-order valence-electron chi connectivity index (χ1n) is 11.3. The normalized spacial score (nSPS) is 13.2.